The summed E-state index contributed by atoms with van der Waals surface area (Å²) in [6, 6.07) is 0.824. The molecule has 1 aromatic rings. The van der Waals surface area contributed by atoms with Crippen LogP contribution in [0.25, 0.3) is 0 Å². The van der Waals surface area contributed by atoms with Gasteiger partial charge in [-0.2, -0.15) is 13.2 Å². The van der Waals surface area contributed by atoms with E-state index in [4.69, 9.17) is 4.74 Å². The number of aldehydes is 1. The molecule has 0 bridgehead atoms. The van der Waals surface area contributed by atoms with E-state index in [9.17, 15) is 18.0 Å². The summed E-state index contributed by atoms with van der Waals surface area (Å²) in [5.74, 6) is 0.279. The van der Waals surface area contributed by atoms with Crippen LogP contribution >= 0.6 is 0 Å². The van der Waals surface area contributed by atoms with Gasteiger partial charge in [0.1, 0.15) is 5.82 Å². The predicted octanol–water partition coefficient (Wildman–Crippen LogP) is 1.75. The Morgan fingerprint density at radius 3 is 2.56 bits per heavy atom. The first-order valence-electron chi connectivity index (χ1n) is 5.37. The highest BCUT2D eigenvalue weighted by molar-refractivity contribution is 5.83. The van der Waals surface area contributed by atoms with Crippen molar-refractivity contribution in [1.82, 2.24) is 4.98 Å². The summed E-state index contributed by atoms with van der Waals surface area (Å²) in [4.78, 5) is 16.4. The van der Waals surface area contributed by atoms with Crippen molar-refractivity contribution in [3.05, 3.63) is 23.4 Å². The zero-order chi connectivity index (χ0) is 13.2. The van der Waals surface area contributed by atoms with E-state index in [2.05, 4.69) is 4.98 Å². The SMILES string of the molecule is O=Cc1cc(C(F)(F)F)cnc1N1CCOCC1. The summed E-state index contributed by atoms with van der Waals surface area (Å²) >= 11 is 0. The zero-order valence-electron chi connectivity index (χ0n) is 9.41. The van der Waals surface area contributed by atoms with Crippen LogP contribution in [0.3, 0.4) is 0 Å². The van der Waals surface area contributed by atoms with Gasteiger partial charge in [-0.05, 0) is 6.07 Å². The Kier molecular flexibility index (Phi) is 3.51. The number of aromatic nitrogens is 1. The molecule has 0 N–H and O–H groups in total. The van der Waals surface area contributed by atoms with Gasteiger partial charge in [-0.1, -0.05) is 0 Å². The van der Waals surface area contributed by atoms with Crippen LogP contribution in [0.15, 0.2) is 12.3 Å². The van der Waals surface area contributed by atoms with Crippen molar-refractivity contribution in [2.24, 2.45) is 0 Å². The molecule has 1 aliphatic heterocycles. The lowest BCUT2D eigenvalue weighted by Gasteiger charge is -2.28. The van der Waals surface area contributed by atoms with E-state index >= 15 is 0 Å². The minimum absolute atomic E-state index is 0.0493. The van der Waals surface area contributed by atoms with Crippen molar-refractivity contribution in [2.45, 2.75) is 6.18 Å². The van der Waals surface area contributed by atoms with Crippen LogP contribution < -0.4 is 4.90 Å². The fourth-order valence-corrected chi connectivity index (χ4v) is 1.76. The van der Waals surface area contributed by atoms with E-state index in [-0.39, 0.29) is 11.4 Å². The van der Waals surface area contributed by atoms with Gasteiger partial charge in [0.15, 0.2) is 6.29 Å². The Bertz CT molecular complexity index is 442. The van der Waals surface area contributed by atoms with Crippen molar-refractivity contribution in [2.75, 3.05) is 31.2 Å². The molecular formula is C11H11F3N2O2. The quantitative estimate of drug-likeness (QED) is 0.760. The lowest BCUT2D eigenvalue weighted by atomic mass is 10.2. The molecule has 0 radical (unpaired) electrons. The molecule has 7 heteroatoms. The highest BCUT2D eigenvalue weighted by Gasteiger charge is 2.32. The molecule has 2 rings (SSSR count). The zero-order valence-corrected chi connectivity index (χ0v) is 9.41. The van der Waals surface area contributed by atoms with Crippen molar-refractivity contribution >= 4 is 12.1 Å². The highest BCUT2D eigenvalue weighted by atomic mass is 19.4. The number of anilines is 1. The van der Waals surface area contributed by atoms with Crippen molar-refractivity contribution < 1.29 is 22.7 Å². The van der Waals surface area contributed by atoms with Crippen molar-refractivity contribution in [3.63, 3.8) is 0 Å². The lowest BCUT2D eigenvalue weighted by Crippen LogP contribution is -2.37. The Morgan fingerprint density at radius 2 is 2.00 bits per heavy atom. The predicted molar refractivity (Wildman–Crippen MR) is 57.7 cm³/mol. The molecule has 4 nitrogen and oxygen atoms in total. The maximum Gasteiger partial charge on any atom is 0.417 e. The highest BCUT2D eigenvalue weighted by Crippen LogP contribution is 2.31. The minimum Gasteiger partial charge on any atom is -0.378 e. The van der Waals surface area contributed by atoms with Crippen molar-refractivity contribution in [1.29, 1.82) is 0 Å². The average molecular weight is 260 g/mol. The number of carbonyl (C=O) groups excluding carboxylic acids is 1. The van der Waals surface area contributed by atoms with E-state index in [1.54, 1.807) is 4.90 Å². The summed E-state index contributed by atoms with van der Waals surface area (Å²) in [6.07, 6.45) is -3.35. The van der Waals surface area contributed by atoms with Gasteiger partial charge in [-0.3, -0.25) is 4.79 Å². The van der Waals surface area contributed by atoms with Crippen molar-refractivity contribution in [3.8, 4) is 0 Å². The van der Waals surface area contributed by atoms with Crippen LogP contribution in [0.4, 0.5) is 19.0 Å². The average Bonchev–Trinajstić information content (AvgIpc) is 2.38. The first-order valence-corrected chi connectivity index (χ1v) is 5.37. The molecule has 0 spiro atoms. The first-order chi connectivity index (χ1) is 8.52. The third kappa shape index (κ3) is 2.61. The molecule has 1 fully saturated rings. The van der Waals surface area contributed by atoms with Gasteiger partial charge in [0, 0.05) is 19.3 Å². The van der Waals surface area contributed by atoms with Crippen LogP contribution in [-0.2, 0) is 10.9 Å². The molecule has 1 aliphatic rings. The summed E-state index contributed by atoms with van der Waals surface area (Å²) in [7, 11) is 0. The fourth-order valence-electron chi connectivity index (χ4n) is 1.76. The minimum atomic E-state index is -4.49. The molecule has 1 saturated heterocycles. The fraction of sp³-hybridized carbons (Fsp3) is 0.455. The number of pyridine rings is 1. The molecule has 0 aliphatic carbocycles. The van der Waals surface area contributed by atoms with Gasteiger partial charge < -0.3 is 9.64 Å². The molecular weight excluding hydrogens is 249 g/mol. The van der Waals surface area contributed by atoms with E-state index in [1.165, 1.54) is 0 Å². The van der Waals surface area contributed by atoms with E-state index in [0.717, 1.165) is 12.3 Å². The summed E-state index contributed by atoms with van der Waals surface area (Å²) in [5.41, 5.74) is -0.965. The third-order valence-electron chi connectivity index (χ3n) is 2.66. The lowest BCUT2D eigenvalue weighted by molar-refractivity contribution is -0.137. The van der Waals surface area contributed by atoms with Gasteiger partial charge >= 0.3 is 6.18 Å². The van der Waals surface area contributed by atoms with Crippen LogP contribution in [-0.4, -0.2) is 37.6 Å². The van der Waals surface area contributed by atoms with Crippen LogP contribution in [0, 0.1) is 0 Å². The summed E-state index contributed by atoms with van der Waals surface area (Å²) in [5, 5.41) is 0. The standard InChI is InChI=1S/C11H11F3N2O2/c12-11(13,14)9-5-8(7-17)10(15-6-9)16-1-3-18-4-2-16/h5-7H,1-4H2. The second-order valence-corrected chi connectivity index (χ2v) is 3.85. The smallest absolute Gasteiger partial charge is 0.378 e. The normalized spacial score (nSPS) is 16.7. The maximum atomic E-state index is 12.5. The third-order valence-corrected chi connectivity index (χ3v) is 2.66. The number of hydrogen-bond donors (Lipinski definition) is 0. The Balaban J connectivity index is 2.33. The number of alkyl halides is 3. The Morgan fingerprint density at radius 1 is 1.33 bits per heavy atom. The van der Waals surface area contributed by atoms with Crippen LogP contribution in [0.1, 0.15) is 15.9 Å². The molecule has 1 aromatic heterocycles. The summed E-state index contributed by atoms with van der Waals surface area (Å²) in [6.45, 7) is 1.97. The van der Waals surface area contributed by atoms with E-state index < -0.39 is 11.7 Å². The monoisotopic (exact) mass is 260 g/mol. The first kappa shape index (κ1) is 12.8. The molecule has 0 saturated carbocycles. The second-order valence-electron chi connectivity index (χ2n) is 3.85. The van der Waals surface area contributed by atoms with Crippen LogP contribution in [0.2, 0.25) is 0 Å². The summed E-state index contributed by atoms with van der Waals surface area (Å²) < 4.78 is 42.6. The molecule has 0 atom stereocenters. The second kappa shape index (κ2) is 4.93. The van der Waals surface area contributed by atoms with Gasteiger partial charge in [0.2, 0.25) is 0 Å². The number of morpholine rings is 1. The number of carbonyl (C=O) groups is 1. The van der Waals surface area contributed by atoms with E-state index in [0.29, 0.717) is 32.6 Å². The molecule has 0 amide bonds. The number of ether oxygens (including phenoxy) is 1. The Hall–Kier alpha value is -1.63. The molecule has 0 aromatic carbocycles. The van der Waals surface area contributed by atoms with Gasteiger partial charge in [0.05, 0.1) is 24.3 Å². The van der Waals surface area contributed by atoms with E-state index in [1.807, 2.05) is 0 Å². The number of nitrogens with zero attached hydrogens (tertiary/aromatic N) is 2. The molecule has 2 heterocycles. The number of halogens is 3. The van der Waals surface area contributed by atoms with Gasteiger partial charge in [0.25, 0.3) is 0 Å². The molecule has 0 unspecified atom stereocenters. The van der Waals surface area contributed by atoms with Crippen LogP contribution in [0.5, 0.6) is 0 Å². The number of rotatable bonds is 2. The largest absolute Gasteiger partial charge is 0.417 e. The van der Waals surface area contributed by atoms with Gasteiger partial charge in [-0.15, -0.1) is 0 Å². The topological polar surface area (TPSA) is 42.4 Å². The molecule has 18 heavy (non-hydrogen) atoms. The molecule has 98 valence electrons. The number of hydrogen-bond acceptors (Lipinski definition) is 4. The maximum absolute atomic E-state index is 12.5. The Labute approximate surface area is 101 Å². The van der Waals surface area contributed by atoms with Gasteiger partial charge in [-0.25, -0.2) is 4.98 Å².